The van der Waals surface area contributed by atoms with Crippen molar-refractivity contribution < 1.29 is 0 Å². The lowest BCUT2D eigenvalue weighted by Gasteiger charge is -2.06. The number of nitrogen functional groups attached to an aromatic ring is 1. The summed E-state index contributed by atoms with van der Waals surface area (Å²) in [6.45, 7) is 0.925. The Morgan fingerprint density at radius 2 is 2.07 bits per heavy atom. The molecule has 2 aromatic rings. The van der Waals surface area contributed by atoms with Crippen LogP contribution in [0.25, 0.3) is 10.9 Å². The van der Waals surface area contributed by atoms with Crippen LogP contribution in [0, 0.1) is 0 Å². The lowest BCUT2D eigenvalue weighted by Crippen LogP contribution is -2.10. The second kappa shape index (κ2) is 3.35. The third-order valence-electron chi connectivity index (χ3n) is 2.19. The molecule has 0 atom stereocenters. The highest BCUT2D eigenvalue weighted by molar-refractivity contribution is 5.83. The van der Waals surface area contributed by atoms with Gasteiger partial charge in [-0.05, 0) is 37.7 Å². The van der Waals surface area contributed by atoms with Gasteiger partial charge in [-0.3, -0.25) is 0 Å². The zero-order valence-corrected chi connectivity index (χ0v) is 8.54. The van der Waals surface area contributed by atoms with Crippen molar-refractivity contribution in [2.75, 3.05) is 19.8 Å². The van der Waals surface area contributed by atoms with Gasteiger partial charge in [0.2, 0.25) is 0 Å². The van der Waals surface area contributed by atoms with E-state index in [2.05, 4.69) is 30.0 Å². The number of H-pyrrole nitrogens is 1. The number of aromatic amines is 1. The molecule has 0 saturated carbocycles. The van der Waals surface area contributed by atoms with Crippen molar-refractivity contribution in [1.29, 1.82) is 0 Å². The van der Waals surface area contributed by atoms with Crippen molar-refractivity contribution in [1.82, 2.24) is 9.88 Å². The maximum Gasteiger partial charge on any atom is 0.0477 e. The molecule has 0 aliphatic heterocycles. The number of fused-ring (bicyclic) bond motifs is 1. The highest BCUT2D eigenvalue weighted by atomic mass is 15.1. The topological polar surface area (TPSA) is 45.0 Å². The Bertz CT molecular complexity index is 443. The van der Waals surface area contributed by atoms with Crippen LogP contribution in [0.3, 0.4) is 0 Å². The molecule has 14 heavy (non-hydrogen) atoms. The normalized spacial score (nSPS) is 11.4. The SMILES string of the molecule is CN(C)Cc1cc2ccc(N)cc2[nH]1. The van der Waals surface area contributed by atoms with Gasteiger partial charge in [0.05, 0.1) is 0 Å². The maximum absolute atomic E-state index is 5.70. The van der Waals surface area contributed by atoms with Crippen LogP contribution in [0.15, 0.2) is 24.3 Å². The Morgan fingerprint density at radius 1 is 1.29 bits per heavy atom. The molecule has 0 unspecified atom stereocenters. The molecular formula is C11H15N3. The molecule has 0 saturated heterocycles. The van der Waals surface area contributed by atoms with Gasteiger partial charge < -0.3 is 15.6 Å². The van der Waals surface area contributed by atoms with Crippen LogP contribution in [-0.4, -0.2) is 24.0 Å². The van der Waals surface area contributed by atoms with Gasteiger partial charge >= 0.3 is 0 Å². The van der Waals surface area contributed by atoms with E-state index in [1.807, 2.05) is 18.2 Å². The van der Waals surface area contributed by atoms with E-state index in [-0.39, 0.29) is 0 Å². The first-order valence-corrected chi connectivity index (χ1v) is 4.67. The zero-order valence-electron chi connectivity index (χ0n) is 8.54. The maximum atomic E-state index is 5.70. The summed E-state index contributed by atoms with van der Waals surface area (Å²) in [5, 5.41) is 1.22. The van der Waals surface area contributed by atoms with E-state index in [4.69, 9.17) is 5.73 Å². The Hall–Kier alpha value is -1.48. The lowest BCUT2D eigenvalue weighted by atomic mass is 10.2. The first-order chi connectivity index (χ1) is 6.65. The van der Waals surface area contributed by atoms with Gasteiger partial charge in [-0.2, -0.15) is 0 Å². The van der Waals surface area contributed by atoms with E-state index in [1.165, 1.54) is 11.1 Å². The third-order valence-corrected chi connectivity index (χ3v) is 2.19. The average Bonchev–Trinajstić information content (AvgIpc) is 2.44. The molecule has 2 rings (SSSR count). The highest BCUT2D eigenvalue weighted by Crippen LogP contribution is 2.18. The van der Waals surface area contributed by atoms with Gasteiger partial charge in [0.25, 0.3) is 0 Å². The fourth-order valence-corrected chi connectivity index (χ4v) is 1.63. The summed E-state index contributed by atoms with van der Waals surface area (Å²) in [6.07, 6.45) is 0. The van der Waals surface area contributed by atoms with E-state index in [0.717, 1.165) is 17.7 Å². The Morgan fingerprint density at radius 3 is 2.79 bits per heavy atom. The Balaban J connectivity index is 2.41. The van der Waals surface area contributed by atoms with Crippen molar-refractivity contribution in [2.45, 2.75) is 6.54 Å². The summed E-state index contributed by atoms with van der Waals surface area (Å²) < 4.78 is 0. The lowest BCUT2D eigenvalue weighted by molar-refractivity contribution is 0.398. The molecule has 0 aliphatic rings. The molecule has 0 fully saturated rings. The molecule has 1 heterocycles. The number of anilines is 1. The quantitative estimate of drug-likeness (QED) is 0.708. The highest BCUT2D eigenvalue weighted by Gasteiger charge is 2.01. The van der Waals surface area contributed by atoms with Crippen molar-refractivity contribution in [3.05, 3.63) is 30.0 Å². The zero-order chi connectivity index (χ0) is 10.1. The molecule has 0 radical (unpaired) electrons. The average molecular weight is 189 g/mol. The molecule has 0 amide bonds. The number of nitrogens with zero attached hydrogens (tertiary/aromatic N) is 1. The van der Waals surface area contributed by atoms with E-state index >= 15 is 0 Å². The molecular weight excluding hydrogens is 174 g/mol. The molecule has 1 aromatic carbocycles. The first-order valence-electron chi connectivity index (χ1n) is 4.67. The number of nitrogens with two attached hydrogens (primary N) is 1. The summed E-state index contributed by atoms with van der Waals surface area (Å²) in [5.74, 6) is 0. The van der Waals surface area contributed by atoms with E-state index in [1.54, 1.807) is 0 Å². The number of aromatic nitrogens is 1. The van der Waals surface area contributed by atoms with Crippen molar-refractivity contribution >= 4 is 16.6 Å². The molecule has 0 spiro atoms. The molecule has 1 aromatic heterocycles. The minimum atomic E-state index is 0.802. The van der Waals surface area contributed by atoms with Gasteiger partial charge in [0.15, 0.2) is 0 Å². The smallest absolute Gasteiger partial charge is 0.0477 e. The predicted octanol–water partition coefficient (Wildman–Crippen LogP) is 1.81. The Labute approximate surface area is 83.5 Å². The standard InChI is InChI=1S/C11H15N3/c1-14(2)7-10-5-8-3-4-9(12)6-11(8)13-10/h3-6,13H,7,12H2,1-2H3. The minimum Gasteiger partial charge on any atom is -0.399 e. The van der Waals surface area contributed by atoms with Gasteiger partial charge in [0, 0.05) is 23.4 Å². The second-order valence-electron chi connectivity index (χ2n) is 3.88. The summed E-state index contributed by atoms with van der Waals surface area (Å²) in [7, 11) is 4.11. The summed E-state index contributed by atoms with van der Waals surface area (Å²) in [5.41, 5.74) is 8.84. The largest absolute Gasteiger partial charge is 0.399 e. The summed E-state index contributed by atoms with van der Waals surface area (Å²) >= 11 is 0. The Kier molecular flexibility index (Phi) is 2.17. The van der Waals surface area contributed by atoms with Crippen LogP contribution in [0.1, 0.15) is 5.69 Å². The number of benzene rings is 1. The van der Waals surface area contributed by atoms with Crippen LogP contribution in [0.2, 0.25) is 0 Å². The van der Waals surface area contributed by atoms with E-state index < -0.39 is 0 Å². The third kappa shape index (κ3) is 1.72. The van der Waals surface area contributed by atoms with E-state index in [9.17, 15) is 0 Å². The predicted molar refractivity (Wildman–Crippen MR) is 60.1 cm³/mol. The number of rotatable bonds is 2. The molecule has 3 heteroatoms. The summed E-state index contributed by atoms with van der Waals surface area (Å²) in [6, 6.07) is 8.10. The van der Waals surface area contributed by atoms with Gasteiger partial charge in [-0.25, -0.2) is 0 Å². The molecule has 0 bridgehead atoms. The fraction of sp³-hybridized carbons (Fsp3) is 0.273. The van der Waals surface area contributed by atoms with E-state index in [0.29, 0.717) is 0 Å². The van der Waals surface area contributed by atoms with Crippen LogP contribution >= 0.6 is 0 Å². The number of hydrogen-bond donors (Lipinski definition) is 2. The second-order valence-corrected chi connectivity index (χ2v) is 3.88. The van der Waals surface area contributed by atoms with Crippen LogP contribution in [-0.2, 0) is 6.54 Å². The van der Waals surface area contributed by atoms with Crippen molar-refractivity contribution in [2.24, 2.45) is 0 Å². The van der Waals surface area contributed by atoms with Gasteiger partial charge in [-0.1, -0.05) is 6.07 Å². The fourth-order valence-electron chi connectivity index (χ4n) is 1.63. The molecule has 3 N–H and O–H groups in total. The van der Waals surface area contributed by atoms with Crippen LogP contribution < -0.4 is 5.73 Å². The minimum absolute atomic E-state index is 0.802. The first kappa shape index (κ1) is 9.09. The monoisotopic (exact) mass is 189 g/mol. The van der Waals surface area contributed by atoms with Crippen molar-refractivity contribution in [3.8, 4) is 0 Å². The van der Waals surface area contributed by atoms with Crippen LogP contribution in [0.4, 0.5) is 5.69 Å². The molecule has 3 nitrogen and oxygen atoms in total. The van der Waals surface area contributed by atoms with Crippen LogP contribution in [0.5, 0.6) is 0 Å². The molecule has 0 aliphatic carbocycles. The number of nitrogens with one attached hydrogen (secondary N) is 1. The van der Waals surface area contributed by atoms with Crippen molar-refractivity contribution in [3.63, 3.8) is 0 Å². The van der Waals surface area contributed by atoms with Gasteiger partial charge in [0.1, 0.15) is 0 Å². The number of hydrogen-bond acceptors (Lipinski definition) is 2. The van der Waals surface area contributed by atoms with Gasteiger partial charge in [-0.15, -0.1) is 0 Å². The molecule has 74 valence electrons. The summed E-state index contributed by atoms with van der Waals surface area (Å²) in [4.78, 5) is 5.48.